The highest BCUT2D eigenvalue weighted by molar-refractivity contribution is 7.26. The van der Waals surface area contributed by atoms with Crippen molar-refractivity contribution < 1.29 is 9.47 Å². The molecule has 0 fully saturated rings. The van der Waals surface area contributed by atoms with E-state index in [9.17, 15) is 0 Å². The van der Waals surface area contributed by atoms with Crippen molar-refractivity contribution in [3.05, 3.63) is 210 Å². The molecule has 250 valence electrons. The molecule has 0 atom stereocenters. The number of para-hydroxylation sites is 1. The molecule has 0 saturated heterocycles. The Morgan fingerprint density at radius 1 is 0.453 bits per heavy atom. The topological polar surface area (TPSA) is 21.7 Å². The monoisotopic (exact) mass is 697 g/mol. The Bertz CT molecular complexity index is 2810. The van der Waals surface area contributed by atoms with Crippen LogP contribution in [0.2, 0.25) is 0 Å². The lowest BCUT2D eigenvalue weighted by atomic mass is 9.68. The Labute approximate surface area is 311 Å². The highest BCUT2D eigenvalue weighted by atomic mass is 32.1. The van der Waals surface area contributed by atoms with E-state index in [4.69, 9.17) is 9.47 Å². The number of nitrogens with zero attached hydrogens (tertiary/aromatic N) is 1. The van der Waals surface area contributed by atoms with Crippen molar-refractivity contribution >= 4 is 48.6 Å². The maximum absolute atomic E-state index is 6.96. The molecule has 53 heavy (non-hydrogen) atoms. The maximum Gasteiger partial charge on any atom is 0.178 e. The normalized spacial score (nSPS) is 13.4. The molecule has 0 unspecified atom stereocenters. The van der Waals surface area contributed by atoms with Gasteiger partial charge in [-0.15, -0.1) is 11.3 Å². The number of anilines is 3. The average molecular weight is 698 g/mol. The van der Waals surface area contributed by atoms with Crippen LogP contribution in [-0.2, 0) is 5.41 Å². The summed E-state index contributed by atoms with van der Waals surface area (Å²) in [6, 6.07) is 66.8. The maximum atomic E-state index is 6.96. The van der Waals surface area contributed by atoms with Crippen LogP contribution in [0.1, 0.15) is 22.3 Å². The molecular weight excluding hydrogens is 667 g/mol. The van der Waals surface area contributed by atoms with Crippen molar-refractivity contribution in [2.45, 2.75) is 5.41 Å². The zero-order valence-electron chi connectivity index (χ0n) is 28.6. The third-order valence-corrected chi connectivity index (χ3v) is 11.9. The number of hydrogen-bond donors (Lipinski definition) is 0. The third kappa shape index (κ3) is 4.40. The summed E-state index contributed by atoms with van der Waals surface area (Å²) in [5.41, 5.74) is 9.75. The Morgan fingerprint density at radius 2 is 1.11 bits per heavy atom. The van der Waals surface area contributed by atoms with E-state index in [1.165, 1.54) is 42.4 Å². The molecule has 0 N–H and O–H groups in total. The number of thiophene rings is 1. The van der Waals surface area contributed by atoms with E-state index in [0.717, 1.165) is 33.9 Å². The number of rotatable bonds is 5. The van der Waals surface area contributed by atoms with Crippen LogP contribution < -0.4 is 14.4 Å². The predicted molar refractivity (Wildman–Crippen MR) is 218 cm³/mol. The summed E-state index contributed by atoms with van der Waals surface area (Å²) in [6.07, 6.45) is 0. The predicted octanol–water partition coefficient (Wildman–Crippen LogP) is 13.8. The molecule has 11 rings (SSSR count). The van der Waals surface area contributed by atoms with E-state index >= 15 is 0 Å². The minimum absolute atomic E-state index is 0.514. The van der Waals surface area contributed by atoms with E-state index in [1.807, 2.05) is 11.3 Å². The fourth-order valence-electron chi connectivity index (χ4n) is 8.64. The smallest absolute Gasteiger partial charge is 0.178 e. The summed E-state index contributed by atoms with van der Waals surface area (Å²) in [7, 11) is 0. The molecule has 2 aliphatic rings. The van der Waals surface area contributed by atoms with Gasteiger partial charge in [-0.2, -0.15) is 0 Å². The molecule has 0 bridgehead atoms. The molecule has 1 aliphatic heterocycles. The Balaban J connectivity index is 1.07. The van der Waals surface area contributed by atoms with Crippen molar-refractivity contribution in [3.8, 4) is 34.1 Å². The van der Waals surface area contributed by atoms with Gasteiger partial charge in [0.25, 0.3) is 0 Å². The Kier molecular flexibility index (Phi) is 6.64. The first-order valence-corrected chi connectivity index (χ1v) is 18.7. The highest BCUT2D eigenvalue weighted by Gasteiger charge is 2.48. The lowest BCUT2D eigenvalue weighted by molar-refractivity contribution is 0.360. The van der Waals surface area contributed by atoms with Gasteiger partial charge in [0.1, 0.15) is 0 Å². The van der Waals surface area contributed by atoms with Crippen LogP contribution >= 0.6 is 11.3 Å². The zero-order valence-corrected chi connectivity index (χ0v) is 29.4. The van der Waals surface area contributed by atoms with Crippen molar-refractivity contribution in [1.29, 1.82) is 0 Å². The van der Waals surface area contributed by atoms with Crippen LogP contribution in [0.4, 0.5) is 17.1 Å². The minimum Gasteiger partial charge on any atom is -0.449 e. The molecule has 1 aliphatic carbocycles. The summed E-state index contributed by atoms with van der Waals surface area (Å²) < 4.78 is 16.3. The van der Waals surface area contributed by atoms with Crippen molar-refractivity contribution in [2.75, 3.05) is 4.90 Å². The van der Waals surface area contributed by atoms with Gasteiger partial charge in [-0.3, -0.25) is 0 Å². The number of hydrogen-bond acceptors (Lipinski definition) is 4. The van der Waals surface area contributed by atoms with Gasteiger partial charge in [-0.25, -0.2) is 0 Å². The fourth-order valence-corrected chi connectivity index (χ4v) is 9.77. The molecular formula is C49H31NO2S. The fraction of sp³-hybridized carbons (Fsp3) is 0.0204. The quantitative estimate of drug-likeness (QED) is 0.179. The number of benzene rings is 8. The second-order valence-corrected chi connectivity index (χ2v) is 14.7. The lowest BCUT2D eigenvalue weighted by Gasteiger charge is -2.34. The average Bonchev–Trinajstić information content (AvgIpc) is 3.76. The molecule has 8 aromatic carbocycles. The van der Waals surface area contributed by atoms with Crippen molar-refractivity contribution in [1.82, 2.24) is 0 Å². The van der Waals surface area contributed by atoms with E-state index in [-0.39, 0.29) is 0 Å². The summed E-state index contributed by atoms with van der Waals surface area (Å²) in [4.78, 5) is 2.33. The first-order chi connectivity index (χ1) is 26.3. The molecule has 4 heteroatoms. The molecule has 0 radical (unpaired) electrons. The molecule has 3 nitrogen and oxygen atoms in total. The number of fused-ring (bicyclic) bond motifs is 9. The molecule has 0 spiro atoms. The van der Waals surface area contributed by atoms with Gasteiger partial charge in [0, 0.05) is 37.5 Å². The molecule has 9 aromatic rings. The summed E-state index contributed by atoms with van der Waals surface area (Å²) in [5, 5.41) is 2.50. The van der Waals surface area contributed by atoms with Crippen molar-refractivity contribution in [3.63, 3.8) is 0 Å². The Morgan fingerprint density at radius 3 is 1.91 bits per heavy atom. The van der Waals surface area contributed by atoms with Crippen LogP contribution in [-0.4, -0.2) is 0 Å². The van der Waals surface area contributed by atoms with Gasteiger partial charge in [-0.1, -0.05) is 133 Å². The molecule has 2 heterocycles. The SMILES string of the molecule is c1ccc(N(c2ccc3c(c2)Oc2ccc4c(c2O3)-c2ccccc2C4(c2ccccc2)c2ccccc2)c2cccc3sc4ccccc4c23)cc1. The van der Waals surface area contributed by atoms with E-state index in [2.05, 4.69) is 193 Å². The molecule has 1 aromatic heterocycles. The van der Waals surface area contributed by atoms with Crippen LogP contribution in [0.15, 0.2) is 188 Å². The third-order valence-electron chi connectivity index (χ3n) is 10.8. The zero-order chi connectivity index (χ0) is 34.9. The lowest BCUT2D eigenvalue weighted by Crippen LogP contribution is -2.28. The first-order valence-electron chi connectivity index (χ1n) is 17.9. The van der Waals surface area contributed by atoms with Gasteiger partial charge in [0.05, 0.1) is 16.8 Å². The van der Waals surface area contributed by atoms with Crippen molar-refractivity contribution in [2.24, 2.45) is 0 Å². The summed E-state index contributed by atoms with van der Waals surface area (Å²) in [5.74, 6) is 2.83. The largest absolute Gasteiger partial charge is 0.449 e. The van der Waals surface area contributed by atoms with Crippen LogP contribution in [0.5, 0.6) is 23.0 Å². The van der Waals surface area contributed by atoms with Crippen LogP contribution in [0.25, 0.3) is 31.3 Å². The first kappa shape index (κ1) is 30.0. The molecule has 0 amide bonds. The summed E-state index contributed by atoms with van der Waals surface area (Å²) in [6.45, 7) is 0. The number of ether oxygens (including phenoxy) is 2. The van der Waals surface area contributed by atoms with Crippen LogP contribution in [0.3, 0.4) is 0 Å². The standard InChI is InChI=1S/C49H31NO2S/c1-4-15-32(16-5-1)49(33-17-6-2-7-18-33)38-23-12-10-21-36(38)46-39(49)28-30-42-48(46)52-41-29-27-35(31-43(41)51-42)50(34-19-8-3-9-20-34)40-24-14-26-45-47(40)37-22-11-13-25-44(37)53-45/h1-31H. The van der Waals surface area contributed by atoms with E-state index in [1.54, 1.807) is 0 Å². The van der Waals surface area contributed by atoms with Gasteiger partial charge in [0.15, 0.2) is 23.0 Å². The summed E-state index contributed by atoms with van der Waals surface area (Å²) >= 11 is 1.83. The minimum atomic E-state index is -0.514. The second-order valence-electron chi connectivity index (χ2n) is 13.6. The Hall–Kier alpha value is -6.62. The van der Waals surface area contributed by atoms with E-state index < -0.39 is 5.41 Å². The van der Waals surface area contributed by atoms with Gasteiger partial charge < -0.3 is 14.4 Å². The van der Waals surface area contributed by atoms with Crippen LogP contribution in [0, 0.1) is 0 Å². The van der Waals surface area contributed by atoms with Gasteiger partial charge in [-0.05, 0) is 76.3 Å². The van der Waals surface area contributed by atoms with Gasteiger partial charge in [0.2, 0.25) is 0 Å². The highest BCUT2D eigenvalue weighted by Crippen LogP contribution is 2.62. The van der Waals surface area contributed by atoms with E-state index in [0.29, 0.717) is 17.2 Å². The molecule has 0 saturated carbocycles. The second kappa shape index (κ2) is 11.7. The van der Waals surface area contributed by atoms with Gasteiger partial charge >= 0.3 is 0 Å².